The van der Waals surface area contributed by atoms with Crippen molar-refractivity contribution >= 4 is 40.9 Å². The van der Waals surface area contributed by atoms with Gasteiger partial charge in [-0.05, 0) is 54.8 Å². The molecule has 11 heteroatoms. The Kier molecular flexibility index (Phi) is 9.45. The molecule has 1 aromatic heterocycles. The molecule has 1 amide bonds. The summed E-state index contributed by atoms with van der Waals surface area (Å²) in [7, 11) is 0. The summed E-state index contributed by atoms with van der Waals surface area (Å²) in [4.78, 5) is 30.7. The molecule has 5 rings (SSSR count). The van der Waals surface area contributed by atoms with Crippen molar-refractivity contribution in [1.82, 2.24) is 24.8 Å². The first-order valence-corrected chi connectivity index (χ1v) is 14.2. The summed E-state index contributed by atoms with van der Waals surface area (Å²) >= 11 is 6.02. The van der Waals surface area contributed by atoms with Gasteiger partial charge in [0.15, 0.2) is 0 Å². The van der Waals surface area contributed by atoms with E-state index in [4.69, 9.17) is 21.7 Å². The quantitative estimate of drug-likeness (QED) is 0.172. The number of ether oxygens (including phenoxy) is 1. The van der Waals surface area contributed by atoms with Crippen molar-refractivity contribution in [2.24, 2.45) is 0 Å². The number of halogens is 1. The lowest BCUT2D eigenvalue weighted by molar-refractivity contribution is 0.0764. The second-order valence-corrected chi connectivity index (χ2v) is 10.4. The SMILES string of the molecule is CC(=N)N1CCCN(C(=O)c2cccc(Nc3nc(NCc4ccc(Cl)cc4)nc(OCc4ccccc4)n3)c2)CC1. The van der Waals surface area contributed by atoms with E-state index in [0.29, 0.717) is 60.8 Å². The van der Waals surface area contributed by atoms with Crippen LogP contribution in [0.25, 0.3) is 0 Å². The molecule has 4 aromatic rings. The van der Waals surface area contributed by atoms with E-state index in [0.717, 1.165) is 24.1 Å². The van der Waals surface area contributed by atoms with Crippen LogP contribution >= 0.6 is 11.6 Å². The molecule has 10 nitrogen and oxygen atoms in total. The van der Waals surface area contributed by atoms with Crippen LogP contribution in [0, 0.1) is 5.41 Å². The predicted molar refractivity (Wildman–Crippen MR) is 165 cm³/mol. The topological polar surface area (TPSA) is 119 Å². The van der Waals surface area contributed by atoms with Crippen LogP contribution in [0.3, 0.4) is 0 Å². The lowest BCUT2D eigenvalue weighted by Gasteiger charge is -2.22. The van der Waals surface area contributed by atoms with Crippen LogP contribution in [0.1, 0.15) is 34.8 Å². The summed E-state index contributed by atoms with van der Waals surface area (Å²) < 4.78 is 5.92. The van der Waals surface area contributed by atoms with E-state index >= 15 is 0 Å². The number of amides is 1. The lowest BCUT2D eigenvalue weighted by Crippen LogP contribution is -2.36. The van der Waals surface area contributed by atoms with Crippen LogP contribution < -0.4 is 15.4 Å². The Morgan fingerprint density at radius 1 is 0.881 bits per heavy atom. The molecule has 0 saturated carbocycles. The van der Waals surface area contributed by atoms with Crippen molar-refractivity contribution in [3.05, 3.63) is 101 Å². The van der Waals surface area contributed by atoms with Gasteiger partial charge in [0.25, 0.3) is 5.91 Å². The highest BCUT2D eigenvalue weighted by molar-refractivity contribution is 6.30. The third kappa shape index (κ3) is 7.94. The van der Waals surface area contributed by atoms with E-state index < -0.39 is 0 Å². The fourth-order valence-corrected chi connectivity index (χ4v) is 4.69. The Bertz CT molecular complexity index is 1520. The highest BCUT2D eigenvalue weighted by atomic mass is 35.5. The predicted octanol–water partition coefficient (Wildman–Crippen LogP) is 5.60. The molecule has 1 aliphatic rings. The van der Waals surface area contributed by atoms with Crippen molar-refractivity contribution in [3.8, 4) is 6.01 Å². The Morgan fingerprint density at radius 3 is 2.40 bits per heavy atom. The summed E-state index contributed by atoms with van der Waals surface area (Å²) in [5.41, 5.74) is 3.23. The molecule has 1 fully saturated rings. The molecule has 0 atom stereocenters. The van der Waals surface area contributed by atoms with Crippen LogP contribution in [-0.2, 0) is 13.2 Å². The van der Waals surface area contributed by atoms with Gasteiger partial charge in [0, 0.05) is 49.0 Å². The van der Waals surface area contributed by atoms with Gasteiger partial charge < -0.3 is 25.2 Å². The van der Waals surface area contributed by atoms with Crippen molar-refractivity contribution < 1.29 is 9.53 Å². The smallest absolute Gasteiger partial charge is 0.323 e. The fraction of sp³-hybridized carbons (Fsp3) is 0.258. The van der Waals surface area contributed by atoms with Gasteiger partial charge in [0.1, 0.15) is 6.61 Å². The molecule has 0 radical (unpaired) electrons. The minimum atomic E-state index is -0.0454. The Balaban J connectivity index is 1.32. The second-order valence-electron chi connectivity index (χ2n) is 9.94. The zero-order valence-electron chi connectivity index (χ0n) is 23.4. The van der Waals surface area contributed by atoms with Gasteiger partial charge in [-0.2, -0.15) is 15.0 Å². The first-order valence-electron chi connectivity index (χ1n) is 13.8. The van der Waals surface area contributed by atoms with Crippen molar-refractivity contribution in [3.63, 3.8) is 0 Å². The standard InChI is InChI=1S/C31H33ClN8O2/c1-22(33)39-15-6-16-40(18-17-39)28(41)25-9-5-10-27(19-25)35-30-36-29(34-20-23-11-13-26(32)14-12-23)37-31(38-30)42-21-24-7-3-2-4-8-24/h2-5,7-14,19,33H,6,15-18,20-21H2,1H3,(H2,34,35,36,37,38). The van der Waals surface area contributed by atoms with Crippen LogP contribution in [0.15, 0.2) is 78.9 Å². The highest BCUT2D eigenvalue weighted by Gasteiger charge is 2.21. The normalized spacial score (nSPS) is 13.3. The summed E-state index contributed by atoms with van der Waals surface area (Å²) in [6.07, 6.45) is 0.822. The summed E-state index contributed by atoms with van der Waals surface area (Å²) in [6.45, 7) is 5.22. The van der Waals surface area contributed by atoms with Gasteiger partial charge in [-0.1, -0.05) is 60.1 Å². The molecule has 42 heavy (non-hydrogen) atoms. The first kappa shape index (κ1) is 28.8. The monoisotopic (exact) mass is 584 g/mol. The molecule has 0 spiro atoms. The van der Waals surface area contributed by atoms with Crippen LogP contribution in [0.5, 0.6) is 6.01 Å². The molecule has 0 aliphatic carbocycles. The van der Waals surface area contributed by atoms with Crippen molar-refractivity contribution in [2.45, 2.75) is 26.5 Å². The van der Waals surface area contributed by atoms with Gasteiger partial charge in [-0.3, -0.25) is 10.2 Å². The molecule has 2 heterocycles. The molecular formula is C31H33ClN8O2. The average Bonchev–Trinajstić information content (AvgIpc) is 3.27. The molecular weight excluding hydrogens is 552 g/mol. The minimum absolute atomic E-state index is 0.0454. The Hall–Kier alpha value is -4.70. The Morgan fingerprint density at radius 2 is 1.62 bits per heavy atom. The number of hydrogen-bond donors (Lipinski definition) is 3. The van der Waals surface area contributed by atoms with Gasteiger partial charge in [0.05, 0.1) is 5.84 Å². The molecule has 0 bridgehead atoms. The van der Waals surface area contributed by atoms with Gasteiger partial charge in [-0.25, -0.2) is 0 Å². The maximum absolute atomic E-state index is 13.3. The van der Waals surface area contributed by atoms with E-state index in [1.165, 1.54) is 0 Å². The number of nitrogens with zero attached hydrogens (tertiary/aromatic N) is 5. The zero-order chi connectivity index (χ0) is 29.3. The number of anilines is 3. The lowest BCUT2D eigenvalue weighted by atomic mass is 10.1. The molecule has 0 unspecified atom stereocenters. The number of carbonyl (C=O) groups is 1. The zero-order valence-corrected chi connectivity index (χ0v) is 24.1. The number of aromatic nitrogens is 3. The molecule has 3 aromatic carbocycles. The van der Waals surface area contributed by atoms with E-state index in [1.54, 1.807) is 19.1 Å². The number of carbonyl (C=O) groups excluding carboxylic acids is 1. The van der Waals surface area contributed by atoms with Crippen LogP contribution in [0.4, 0.5) is 17.6 Å². The largest absolute Gasteiger partial charge is 0.458 e. The van der Waals surface area contributed by atoms with E-state index in [1.807, 2.05) is 76.5 Å². The van der Waals surface area contributed by atoms with E-state index in [-0.39, 0.29) is 17.9 Å². The third-order valence-electron chi connectivity index (χ3n) is 6.81. The van der Waals surface area contributed by atoms with Gasteiger partial charge >= 0.3 is 6.01 Å². The summed E-state index contributed by atoms with van der Waals surface area (Å²) in [5, 5.41) is 15.0. The summed E-state index contributed by atoms with van der Waals surface area (Å²) in [6, 6.07) is 24.8. The molecule has 1 aliphatic heterocycles. The first-order chi connectivity index (χ1) is 20.4. The van der Waals surface area contributed by atoms with Crippen LogP contribution in [0.2, 0.25) is 5.02 Å². The molecule has 216 valence electrons. The Labute approximate surface area is 250 Å². The number of amidine groups is 1. The van der Waals surface area contributed by atoms with E-state index in [2.05, 4.69) is 25.6 Å². The number of hydrogen-bond acceptors (Lipinski definition) is 8. The van der Waals surface area contributed by atoms with Gasteiger partial charge in [0.2, 0.25) is 11.9 Å². The average molecular weight is 585 g/mol. The molecule has 3 N–H and O–H groups in total. The fourth-order valence-electron chi connectivity index (χ4n) is 4.56. The number of benzene rings is 3. The van der Waals surface area contributed by atoms with Crippen molar-refractivity contribution in [2.75, 3.05) is 36.8 Å². The van der Waals surface area contributed by atoms with E-state index in [9.17, 15) is 4.79 Å². The molecule has 1 saturated heterocycles. The van der Waals surface area contributed by atoms with Crippen LogP contribution in [-0.4, -0.2) is 62.7 Å². The second kappa shape index (κ2) is 13.8. The third-order valence-corrected chi connectivity index (χ3v) is 7.06. The maximum Gasteiger partial charge on any atom is 0.323 e. The highest BCUT2D eigenvalue weighted by Crippen LogP contribution is 2.21. The number of nitrogens with one attached hydrogen (secondary N) is 3. The maximum atomic E-state index is 13.3. The van der Waals surface area contributed by atoms with Gasteiger partial charge in [-0.15, -0.1) is 0 Å². The summed E-state index contributed by atoms with van der Waals surface area (Å²) in [5.74, 6) is 1.11. The number of rotatable bonds is 9. The van der Waals surface area contributed by atoms with Crippen molar-refractivity contribution in [1.29, 1.82) is 5.41 Å². The minimum Gasteiger partial charge on any atom is -0.458 e.